The molecule has 0 saturated heterocycles. The third-order valence-corrected chi connectivity index (χ3v) is 2.55. The molecule has 0 aliphatic carbocycles. The van der Waals surface area contributed by atoms with Gasteiger partial charge in [-0.3, -0.25) is 19.8 Å². The summed E-state index contributed by atoms with van der Waals surface area (Å²) in [7, 11) is 1.49. The number of hydrazine groups is 1. The lowest BCUT2D eigenvalue weighted by molar-refractivity contribution is -0.130. The van der Waals surface area contributed by atoms with Gasteiger partial charge in [0.1, 0.15) is 0 Å². The van der Waals surface area contributed by atoms with Crippen molar-refractivity contribution in [2.45, 2.75) is 20.4 Å². The zero-order valence-electron chi connectivity index (χ0n) is 10.1. The Bertz CT molecular complexity index is 541. The van der Waals surface area contributed by atoms with Gasteiger partial charge in [0.25, 0.3) is 0 Å². The van der Waals surface area contributed by atoms with E-state index in [0.717, 1.165) is 0 Å². The SMILES string of the molecule is Cn1ccn(CC(C)(C)C(=O)NN)c(=O)c1=O. The van der Waals surface area contributed by atoms with E-state index < -0.39 is 22.4 Å². The minimum atomic E-state index is -0.870. The standard InChI is InChI=1S/C10H16N4O3/c1-10(2,9(17)12-11)6-14-5-4-13(3)7(15)8(14)16/h4-5H,6,11H2,1-3H3,(H,12,17). The van der Waals surface area contributed by atoms with Gasteiger partial charge in [-0.2, -0.15) is 0 Å². The van der Waals surface area contributed by atoms with Crippen LogP contribution in [0.5, 0.6) is 0 Å². The van der Waals surface area contributed by atoms with Crippen molar-refractivity contribution < 1.29 is 4.79 Å². The van der Waals surface area contributed by atoms with Gasteiger partial charge in [0, 0.05) is 26.0 Å². The molecule has 0 fully saturated rings. The van der Waals surface area contributed by atoms with E-state index in [4.69, 9.17) is 5.84 Å². The number of nitrogens with two attached hydrogens (primary N) is 1. The minimum absolute atomic E-state index is 0.0882. The van der Waals surface area contributed by atoms with E-state index in [9.17, 15) is 14.4 Å². The van der Waals surface area contributed by atoms with Gasteiger partial charge in [-0.15, -0.1) is 0 Å². The summed E-state index contributed by atoms with van der Waals surface area (Å²) in [4.78, 5) is 34.5. The molecule has 1 heterocycles. The van der Waals surface area contributed by atoms with Crippen LogP contribution in [-0.4, -0.2) is 15.0 Å². The molecule has 0 bridgehead atoms. The minimum Gasteiger partial charge on any atom is -0.312 e. The number of aromatic nitrogens is 2. The number of nitrogens with zero attached hydrogens (tertiary/aromatic N) is 2. The summed E-state index contributed by atoms with van der Waals surface area (Å²) < 4.78 is 2.40. The van der Waals surface area contributed by atoms with Crippen LogP contribution in [0.2, 0.25) is 0 Å². The third kappa shape index (κ3) is 2.62. The number of amides is 1. The van der Waals surface area contributed by atoms with Crippen molar-refractivity contribution in [2.24, 2.45) is 18.3 Å². The summed E-state index contributed by atoms with van der Waals surface area (Å²) in [6.45, 7) is 3.36. The van der Waals surface area contributed by atoms with Crippen LogP contribution in [0.1, 0.15) is 13.8 Å². The second kappa shape index (κ2) is 4.54. The van der Waals surface area contributed by atoms with Crippen LogP contribution in [-0.2, 0) is 18.4 Å². The maximum absolute atomic E-state index is 11.6. The number of carbonyl (C=O) groups excluding carboxylic acids is 1. The monoisotopic (exact) mass is 240 g/mol. The molecule has 0 aliphatic rings. The van der Waals surface area contributed by atoms with Crippen molar-refractivity contribution in [3.05, 3.63) is 33.1 Å². The molecule has 1 aromatic heterocycles. The van der Waals surface area contributed by atoms with Crippen molar-refractivity contribution >= 4 is 5.91 Å². The summed E-state index contributed by atoms with van der Waals surface area (Å²) in [6.07, 6.45) is 2.94. The van der Waals surface area contributed by atoms with E-state index in [-0.39, 0.29) is 6.54 Å². The molecule has 1 rings (SSSR count). The Morgan fingerprint density at radius 2 is 1.94 bits per heavy atom. The molecule has 0 radical (unpaired) electrons. The van der Waals surface area contributed by atoms with Gasteiger partial charge in [-0.05, 0) is 13.8 Å². The number of nitrogens with one attached hydrogen (secondary N) is 1. The van der Waals surface area contributed by atoms with E-state index in [1.54, 1.807) is 13.8 Å². The Morgan fingerprint density at radius 3 is 2.47 bits per heavy atom. The van der Waals surface area contributed by atoms with E-state index in [0.29, 0.717) is 0 Å². The van der Waals surface area contributed by atoms with Gasteiger partial charge in [-0.1, -0.05) is 0 Å². The van der Waals surface area contributed by atoms with Crippen molar-refractivity contribution in [3.63, 3.8) is 0 Å². The highest BCUT2D eigenvalue weighted by molar-refractivity contribution is 5.81. The predicted octanol–water partition coefficient (Wildman–Crippen LogP) is -1.44. The van der Waals surface area contributed by atoms with E-state index in [1.807, 2.05) is 5.43 Å². The molecule has 0 spiro atoms. The highest BCUT2D eigenvalue weighted by Crippen LogP contribution is 2.16. The first-order valence-electron chi connectivity index (χ1n) is 5.06. The van der Waals surface area contributed by atoms with Gasteiger partial charge in [0.15, 0.2) is 0 Å². The van der Waals surface area contributed by atoms with Gasteiger partial charge < -0.3 is 9.13 Å². The normalized spacial score (nSPS) is 11.3. The average Bonchev–Trinajstić information content (AvgIpc) is 2.28. The highest BCUT2D eigenvalue weighted by Gasteiger charge is 2.28. The zero-order chi connectivity index (χ0) is 13.2. The van der Waals surface area contributed by atoms with Crippen molar-refractivity contribution in [2.75, 3.05) is 0 Å². The summed E-state index contributed by atoms with van der Waals surface area (Å²) in [6, 6.07) is 0. The van der Waals surface area contributed by atoms with Crippen LogP contribution in [0.4, 0.5) is 0 Å². The third-order valence-electron chi connectivity index (χ3n) is 2.55. The summed E-state index contributed by atoms with van der Waals surface area (Å²) in [5.74, 6) is 4.65. The molecule has 0 saturated carbocycles. The van der Waals surface area contributed by atoms with E-state index in [1.165, 1.54) is 28.6 Å². The maximum Gasteiger partial charge on any atom is 0.316 e. The fourth-order valence-electron chi connectivity index (χ4n) is 1.41. The van der Waals surface area contributed by atoms with Crippen LogP contribution in [0.15, 0.2) is 22.0 Å². The molecular formula is C10H16N4O3. The summed E-state index contributed by atoms with van der Waals surface area (Å²) in [5.41, 5.74) is -0.124. The Balaban J connectivity index is 3.14. The summed E-state index contributed by atoms with van der Waals surface area (Å²) >= 11 is 0. The van der Waals surface area contributed by atoms with Gasteiger partial charge >= 0.3 is 11.1 Å². The molecule has 0 unspecified atom stereocenters. The molecule has 1 amide bonds. The molecule has 7 heteroatoms. The molecular weight excluding hydrogens is 224 g/mol. The second-order valence-corrected chi connectivity index (χ2v) is 4.50. The molecule has 3 N–H and O–H groups in total. The van der Waals surface area contributed by atoms with Crippen LogP contribution >= 0.6 is 0 Å². The highest BCUT2D eigenvalue weighted by atomic mass is 16.2. The number of carbonyl (C=O) groups is 1. The zero-order valence-corrected chi connectivity index (χ0v) is 10.1. The molecule has 0 aliphatic heterocycles. The number of aryl methyl sites for hydroxylation is 1. The van der Waals surface area contributed by atoms with Crippen LogP contribution in [0.25, 0.3) is 0 Å². The first-order valence-corrected chi connectivity index (χ1v) is 5.06. The molecule has 0 aromatic carbocycles. The van der Waals surface area contributed by atoms with Gasteiger partial charge in [0.2, 0.25) is 5.91 Å². The number of hydrogen-bond acceptors (Lipinski definition) is 4. The Labute approximate surface area is 97.8 Å². The van der Waals surface area contributed by atoms with Crippen molar-refractivity contribution in [3.8, 4) is 0 Å². The molecule has 0 atom stereocenters. The lowest BCUT2D eigenvalue weighted by Crippen LogP contribution is -2.47. The average molecular weight is 240 g/mol. The van der Waals surface area contributed by atoms with E-state index in [2.05, 4.69) is 0 Å². The molecule has 17 heavy (non-hydrogen) atoms. The van der Waals surface area contributed by atoms with Gasteiger partial charge in [-0.25, -0.2) is 5.84 Å². The van der Waals surface area contributed by atoms with Crippen LogP contribution in [0, 0.1) is 5.41 Å². The largest absolute Gasteiger partial charge is 0.316 e. The van der Waals surface area contributed by atoms with Gasteiger partial charge in [0.05, 0.1) is 5.41 Å². The van der Waals surface area contributed by atoms with Crippen LogP contribution < -0.4 is 22.4 Å². The quantitative estimate of drug-likeness (QED) is 0.292. The Kier molecular flexibility index (Phi) is 3.52. The van der Waals surface area contributed by atoms with Crippen molar-refractivity contribution in [1.82, 2.24) is 14.6 Å². The maximum atomic E-state index is 11.6. The first-order chi connectivity index (χ1) is 7.79. The number of rotatable bonds is 3. The topological polar surface area (TPSA) is 99.1 Å². The Morgan fingerprint density at radius 1 is 1.35 bits per heavy atom. The first kappa shape index (κ1) is 13.2. The smallest absolute Gasteiger partial charge is 0.312 e. The lowest BCUT2D eigenvalue weighted by atomic mass is 9.92. The summed E-state index contributed by atoms with van der Waals surface area (Å²) in [5, 5.41) is 0. The molecule has 7 nitrogen and oxygen atoms in total. The van der Waals surface area contributed by atoms with Crippen LogP contribution in [0.3, 0.4) is 0 Å². The fourth-order valence-corrected chi connectivity index (χ4v) is 1.41. The Hall–Kier alpha value is -1.89. The second-order valence-electron chi connectivity index (χ2n) is 4.50. The predicted molar refractivity (Wildman–Crippen MR) is 62.1 cm³/mol. The lowest BCUT2D eigenvalue weighted by Gasteiger charge is -2.23. The molecule has 1 aromatic rings. The molecule has 94 valence electrons. The van der Waals surface area contributed by atoms with E-state index >= 15 is 0 Å². The fraction of sp³-hybridized carbons (Fsp3) is 0.500. The van der Waals surface area contributed by atoms with Crippen molar-refractivity contribution in [1.29, 1.82) is 0 Å². The number of hydrogen-bond donors (Lipinski definition) is 2.